The van der Waals surface area contributed by atoms with Crippen molar-refractivity contribution in [2.24, 2.45) is 0 Å². The van der Waals surface area contributed by atoms with E-state index < -0.39 is 15.9 Å². The third kappa shape index (κ3) is 5.21. The van der Waals surface area contributed by atoms with Crippen LogP contribution in [0.25, 0.3) is 11.4 Å². The maximum atomic E-state index is 11.9. The van der Waals surface area contributed by atoms with E-state index in [9.17, 15) is 13.5 Å². The summed E-state index contributed by atoms with van der Waals surface area (Å²) >= 11 is 0. The van der Waals surface area contributed by atoms with Crippen molar-refractivity contribution in [2.75, 3.05) is 23.5 Å². The summed E-state index contributed by atoms with van der Waals surface area (Å²) in [4.78, 5) is 13.5. The zero-order valence-electron chi connectivity index (χ0n) is 18.8. The average molecular weight is 481 g/mol. The predicted molar refractivity (Wildman–Crippen MR) is 128 cm³/mol. The molecule has 34 heavy (non-hydrogen) atoms. The SMILES string of the molecule is Cc1nc(-c2cnc(Nc3ccc(S(C)(=O)=O)c(C)c3)nc2N[C@H](CO)c2ccccc2)no1. The van der Waals surface area contributed by atoms with Crippen LogP contribution in [0.5, 0.6) is 0 Å². The van der Waals surface area contributed by atoms with Crippen molar-refractivity contribution in [3.05, 3.63) is 71.7 Å². The van der Waals surface area contributed by atoms with Gasteiger partial charge < -0.3 is 20.3 Å². The highest BCUT2D eigenvalue weighted by molar-refractivity contribution is 7.90. The standard InChI is InChI=1S/C23H24N6O4S/c1-14-11-17(9-10-20(14)34(3,31)32)26-23-24-12-18(22-25-15(2)33-29-22)21(28-23)27-19(13-30)16-7-5-4-6-8-16/h4-12,19,30H,13H2,1-3H3,(H2,24,26,27,28)/t19-/m1/s1. The van der Waals surface area contributed by atoms with Gasteiger partial charge in [-0.15, -0.1) is 0 Å². The lowest BCUT2D eigenvalue weighted by Gasteiger charge is -2.19. The topological polar surface area (TPSA) is 143 Å². The van der Waals surface area contributed by atoms with Crippen LogP contribution in [0.15, 0.2) is 64.1 Å². The molecule has 0 fully saturated rings. The van der Waals surface area contributed by atoms with E-state index in [1.807, 2.05) is 30.3 Å². The highest BCUT2D eigenvalue weighted by atomic mass is 32.2. The molecule has 176 valence electrons. The number of nitrogens with one attached hydrogen (secondary N) is 2. The molecule has 10 nitrogen and oxygen atoms in total. The number of nitrogens with zero attached hydrogens (tertiary/aromatic N) is 4. The molecule has 11 heteroatoms. The molecule has 1 atom stereocenters. The van der Waals surface area contributed by atoms with E-state index in [0.717, 1.165) is 5.56 Å². The van der Waals surface area contributed by atoms with Crippen LogP contribution in [0.1, 0.15) is 23.1 Å². The quantitative estimate of drug-likeness (QED) is 0.343. The molecule has 2 aromatic carbocycles. The molecule has 4 rings (SSSR count). The van der Waals surface area contributed by atoms with Crippen molar-refractivity contribution in [1.29, 1.82) is 0 Å². The minimum absolute atomic E-state index is 0.173. The molecule has 2 aromatic heterocycles. The summed E-state index contributed by atoms with van der Waals surface area (Å²) in [6, 6.07) is 13.9. The third-order valence-electron chi connectivity index (χ3n) is 5.08. The zero-order valence-corrected chi connectivity index (χ0v) is 19.7. The Morgan fingerprint density at radius 1 is 1.09 bits per heavy atom. The molecule has 2 heterocycles. The second-order valence-electron chi connectivity index (χ2n) is 7.76. The van der Waals surface area contributed by atoms with Crippen LogP contribution in [0.2, 0.25) is 0 Å². The van der Waals surface area contributed by atoms with Gasteiger partial charge in [0, 0.05) is 25.1 Å². The Balaban J connectivity index is 1.69. The first-order valence-electron chi connectivity index (χ1n) is 10.4. The molecule has 0 unspecified atom stereocenters. The van der Waals surface area contributed by atoms with Crippen LogP contribution < -0.4 is 10.6 Å². The van der Waals surface area contributed by atoms with E-state index >= 15 is 0 Å². The lowest BCUT2D eigenvalue weighted by atomic mass is 10.1. The molecule has 0 aliphatic carbocycles. The highest BCUT2D eigenvalue weighted by Gasteiger charge is 2.19. The first kappa shape index (κ1) is 23.3. The van der Waals surface area contributed by atoms with Crippen molar-refractivity contribution in [3.63, 3.8) is 0 Å². The largest absolute Gasteiger partial charge is 0.394 e. The van der Waals surface area contributed by atoms with Crippen LogP contribution in [0.4, 0.5) is 17.5 Å². The van der Waals surface area contributed by atoms with Gasteiger partial charge in [0.2, 0.25) is 17.7 Å². The second kappa shape index (κ2) is 9.57. The van der Waals surface area contributed by atoms with Gasteiger partial charge in [-0.1, -0.05) is 35.5 Å². The van der Waals surface area contributed by atoms with E-state index in [1.165, 1.54) is 6.26 Å². The van der Waals surface area contributed by atoms with Gasteiger partial charge in [-0.25, -0.2) is 13.4 Å². The lowest BCUT2D eigenvalue weighted by Crippen LogP contribution is -2.17. The molecule has 0 radical (unpaired) electrons. The van der Waals surface area contributed by atoms with Crippen molar-refractivity contribution in [3.8, 4) is 11.4 Å². The minimum atomic E-state index is -3.32. The van der Waals surface area contributed by atoms with E-state index in [1.54, 1.807) is 38.2 Å². The maximum absolute atomic E-state index is 11.9. The van der Waals surface area contributed by atoms with Gasteiger partial charge in [0.25, 0.3) is 0 Å². The number of hydrogen-bond donors (Lipinski definition) is 3. The second-order valence-corrected chi connectivity index (χ2v) is 9.74. The molecule has 0 bridgehead atoms. The van der Waals surface area contributed by atoms with Crippen LogP contribution in [-0.2, 0) is 9.84 Å². The predicted octanol–water partition coefficient (Wildman–Crippen LogP) is 3.44. The first-order valence-corrected chi connectivity index (χ1v) is 12.3. The molecule has 0 aliphatic heterocycles. The van der Waals surface area contributed by atoms with Gasteiger partial charge in [-0.3, -0.25) is 0 Å². The van der Waals surface area contributed by atoms with Crippen molar-refractivity contribution < 1.29 is 18.0 Å². The molecule has 0 aliphatic rings. The number of benzene rings is 2. The summed E-state index contributed by atoms with van der Waals surface area (Å²) in [6.45, 7) is 3.24. The first-order chi connectivity index (χ1) is 16.2. The summed E-state index contributed by atoms with van der Waals surface area (Å²) in [5, 5.41) is 20.3. The van der Waals surface area contributed by atoms with Crippen molar-refractivity contribution in [2.45, 2.75) is 24.8 Å². The average Bonchev–Trinajstić information content (AvgIpc) is 3.23. The number of aromatic nitrogens is 4. The molecule has 4 aromatic rings. The number of aliphatic hydroxyl groups excluding tert-OH is 1. The normalized spacial score (nSPS) is 12.4. The smallest absolute Gasteiger partial charge is 0.229 e. The third-order valence-corrected chi connectivity index (χ3v) is 6.34. The van der Waals surface area contributed by atoms with Gasteiger partial charge in [0.1, 0.15) is 5.82 Å². The Hall–Kier alpha value is -3.83. The number of hydrogen-bond acceptors (Lipinski definition) is 10. The van der Waals surface area contributed by atoms with Gasteiger partial charge in [-0.2, -0.15) is 9.97 Å². The molecular weight excluding hydrogens is 456 g/mol. The van der Waals surface area contributed by atoms with E-state index in [-0.39, 0.29) is 17.5 Å². The number of anilines is 3. The van der Waals surface area contributed by atoms with Gasteiger partial charge in [0.15, 0.2) is 9.84 Å². The Kier molecular flexibility index (Phi) is 6.57. The van der Waals surface area contributed by atoms with Crippen molar-refractivity contribution >= 4 is 27.3 Å². The van der Waals surface area contributed by atoms with Crippen LogP contribution in [-0.4, -0.2) is 46.5 Å². The Labute approximate surface area is 197 Å². The fourth-order valence-electron chi connectivity index (χ4n) is 3.48. The molecule has 0 saturated carbocycles. The van der Waals surface area contributed by atoms with Crippen LogP contribution in [0, 0.1) is 13.8 Å². The minimum Gasteiger partial charge on any atom is -0.394 e. The molecule has 3 N–H and O–H groups in total. The lowest BCUT2D eigenvalue weighted by molar-refractivity contribution is 0.276. The number of sulfone groups is 1. The highest BCUT2D eigenvalue weighted by Crippen LogP contribution is 2.29. The number of aliphatic hydroxyl groups is 1. The van der Waals surface area contributed by atoms with Crippen LogP contribution in [0.3, 0.4) is 0 Å². The van der Waals surface area contributed by atoms with E-state index in [4.69, 9.17) is 4.52 Å². The van der Waals surface area contributed by atoms with Gasteiger partial charge >= 0.3 is 0 Å². The number of rotatable bonds is 8. The molecule has 0 amide bonds. The summed E-state index contributed by atoms with van der Waals surface area (Å²) in [5.74, 6) is 1.37. The summed E-state index contributed by atoms with van der Waals surface area (Å²) in [5.41, 5.74) is 2.61. The van der Waals surface area contributed by atoms with E-state index in [0.29, 0.717) is 34.3 Å². The summed E-state index contributed by atoms with van der Waals surface area (Å²) in [7, 11) is -3.32. The summed E-state index contributed by atoms with van der Waals surface area (Å²) < 4.78 is 28.9. The Morgan fingerprint density at radius 2 is 1.85 bits per heavy atom. The molecular formula is C23H24N6O4S. The van der Waals surface area contributed by atoms with Crippen LogP contribution >= 0.6 is 0 Å². The molecule has 0 spiro atoms. The Bertz CT molecular complexity index is 1410. The molecule has 0 saturated heterocycles. The fourth-order valence-corrected chi connectivity index (χ4v) is 4.44. The fraction of sp³-hybridized carbons (Fsp3) is 0.217. The number of aryl methyl sites for hydroxylation is 2. The zero-order chi connectivity index (χ0) is 24.3. The monoisotopic (exact) mass is 480 g/mol. The van der Waals surface area contributed by atoms with Gasteiger partial charge in [-0.05, 0) is 36.2 Å². The van der Waals surface area contributed by atoms with Crippen molar-refractivity contribution in [1.82, 2.24) is 20.1 Å². The Morgan fingerprint density at radius 3 is 2.47 bits per heavy atom. The summed E-state index contributed by atoms with van der Waals surface area (Å²) in [6.07, 6.45) is 2.73. The van der Waals surface area contributed by atoms with Gasteiger partial charge in [0.05, 0.1) is 23.1 Å². The van der Waals surface area contributed by atoms with E-state index in [2.05, 4.69) is 30.7 Å². The maximum Gasteiger partial charge on any atom is 0.229 e.